The number of para-hydroxylation sites is 2. The number of aromatic nitrogens is 4. The number of piperazine rings is 1. The Bertz CT molecular complexity index is 1830. The van der Waals surface area contributed by atoms with Crippen LogP contribution in [0.5, 0.6) is 0 Å². The van der Waals surface area contributed by atoms with Crippen molar-refractivity contribution in [3.63, 3.8) is 0 Å². The first-order chi connectivity index (χ1) is 24.4. The fourth-order valence-electron chi connectivity index (χ4n) is 6.28. The molecule has 0 spiro atoms. The maximum Gasteiger partial charge on any atom is 0.329 e. The van der Waals surface area contributed by atoms with Gasteiger partial charge in [-0.25, -0.2) is 14.4 Å². The van der Waals surface area contributed by atoms with Crippen LogP contribution >= 0.6 is 0 Å². The molecule has 0 aliphatic carbocycles. The van der Waals surface area contributed by atoms with Gasteiger partial charge >= 0.3 is 18.0 Å². The Morgan fingerprint density at radius 3 is 2.08 bits per heavy atom. The summed E-state index contributed by atoms with van der Waals surface area (Å²) in [6.45, 7) is 3.02. The number of benzene rings is 4. The molecule has 1 aliphatic rings. The van der Waals surface area contributed by atoms with Gasteiger partial charge in [-0.15, -0.1) is 10.2 Å². The molecule has 12 nitrogen and oxygen atoms in total. The van der Waals surface area contributed by atoms with E-state index in [0.29, 0.717) is 30.3 Å². The SMILES string of the molecule is CCCCCN(Cc1ccc(-c2ccccc2)c(-c2nn[nH]n2)c1)C(=O)N1CCN(C(=O)N(c2ccccc2)c2ccccc2)C(C(=O)O)C1. The number of nitrogens with one attached hydrogen (secondary N) is 1. The fourth-order valence-corrected chi connectivity index (χ4v) is 6.28. The molecule has 0 saturated carbocycles. The molecule has 256 valence electrons. The van der Waals surface area contributed by atoms with E-state index in [2.05, 4.69) is 27.5 Å². The third-order valence-corrected chi connectivity index (χ3v) is 8.83. The molecule has 2 N–H and O–H groups in total. The highest BCUT2D eigenvalue weighted by atomic mass is 16.4. The summed E-state index contributed by atoms with van der Waals surface area (Å²) in [5, 5.41) is 25.1. The second-order valence-electron chi connectivity index (χ2n) is 12.2. The average molecular weight is 673 g/mol. The van der Waals surface area contributed by atoms with Crippen LogP contribution in [0.4, 0.5) is 21.0 Å². The molecule has 50 heavy (non-hydrogen) atoms. The maximum atomic E-state index is 14.2. The van der Waals surface area contributed by atoms with Crippen molar-refractivity contribution in [3.8, 4) is 22.5 Å². The number of H-pyrrole nitrogens is 1. The summed E-state index contributed by atoms with van der Waals surface area (Å²) in [5.74, 6) is -0.726. The highest BCUT2D eigenvalue weighted by molar-refractivity contribution is 6.01. The van der Waals surface area contributed by atoms with Crippen LogP contribution in [0.25, 0.3) is 22.5 Å². The summed E-state index contributed by atoms with van der Waals surface area (Å²) in [6, 6.07) is 32.2. The number of aliphatic carboxylic acids is 1. The van der Waals surface area contributed by atoms with E-state index >= 15 is 0 Å². The molecular formula is C38H40N8O4. The number of aromatic amines is 1. The van der Waals surface area contributed by atoms with Gasteiger partial charge in [0, 0.05) is 31.7 Å². The lowest BCUT2D eigenvalue weighted by Crippen LogP contribution is -2.62. The van der Waals surface area contributed by atoms with Crippen molar-refractivity contribution in [2.75, 3.05) is 31.1 Å². The number of urea groups is 2. The van der Waals surface area contributed by atoms with Crippen LogP contribution in [0, 0.1) is 0 Å². The van der Waals surface area contributed by atoms with E-state index in [0.717, 1.165) is 41.5 Å². The molecule has 6 rings (SSSR count). The maximum absolute atomic E-state index is 14.2. The fraction of sp³-hybridized carbons (Fsp3) is 0.263. The van der Waals surface area contributed by atoms with E-state index in [1.54, 1.807) is 9.80 Å². The molecule has 4 amide bonds. The largest absolute Gasteiger partial charge is 0.480 e. The summed E-state index contributed by atoms with van der Waals surface area (Å²) >= 11 is 0. The van der Waals surface area contributed by atoms with Crippen LogP contribution in [0.15, 0.2) is 109 Å². The molecule has 5 aromatic rings. The van der Waals surface area contributed by atoms with Crippen LogP contribution in [-0.2, 0) is 11.3 Å². The molecule has 1 aromatic heterocycles. The molecule has 1 saturated heterocycles. The zero-order valence-electron chi connectivity index (χ0n) is 27.9. The first-order valence-corrected chi connectivity index (χ1v) is 16.8. The summed E-state index contributed by atoms with van der Waals surface area (Å²) in [7, 11) is 0. The van der Waals surface area contributed by atoms with E-state index in [4.69, 9.17) is 0 Å². The van der Waals surface area contributed by atoms with Gasteiger partial charge in [-0.05, 0) is 58.7 Å². The number of anilines is 2. The zero-order valence-corrected chi connectivity index (χ0v) is 27.9. The number of carboxylic acid groups (broad SMARTS) is 1. The molecule has 1 atom stereocenters. The van der Waals surface area contributed by atoms with Crippen LogP contribution in [0.3, 0.4) is 0 Å². The monoisotopic (exact) mass is 672 g/mol. The number of amides is 4. The minimum Gasteiger partial charge on any atom is -0.480 e. The van der Waals surface area contributed by atoms with Crippen LogP contribution < -0.4 is 4.90 Å². The van der Waals surface area contributed by atoms with Gasteiger partial charge in [0.25, 0.3) is 0 Å². The Balaban J connectivity index is 1.24. The number of carbonyl (C=O) groups is 3. The molecule has 12 heteroatoms. The number of tetrazole rings is 1. The second-order valence-corrected chi connectivity index (χ2v) is 12.2. The summed E-state index contributed by atoms with van der Waals surface area (Å²) < 4.78 is 0. The summed E-state index contributed by atoms with van der Waals surface area (Å²) in [5.41, 5.74) is 4.82. The molecule has 0 radical (unpaired) electrons. The second kappa shape index (κ2) is 15.9. The number of carboxylic acids is 1. The van der Waals surface area contributed by atoms with Gasteiger partial charge in [-0.2, -0.15) is 5.21 Å². The molecule has 4 aromatic carbocycles. The third-order valence-electron chi connectivity index (χ3n) is 8.83. The van der Waals surface area contributed by atoms with Crippen molar-refractivity contribution >= 4 is 29.4 Å². The van der Waals surface area contributed by atoms with E-state index in [1.165, 1.54) is 9.80 Å². The van der Waals surface area contributed by atoms with Gasteiger partial charge in [-0.1, -0.05) is 98.6 Å². The highest BCUT2D eigenvalue weighted by Gasteiger charge is 2.40. The Labute approximate surface area is 290 Å². The van der Waals surface area contributed by atoms with Crippen molar-refractivity contribution < 1.29 is 19.5 Å². The Kier molecular flexibility index (Phi) is 10.8. The van der Waals surface area contributed by atoms with E-state index in [9.17, 15) is 19.5 Å². The van der Waals surface area contributed by atoms with Crippen LogP contribution in [0.2, 0.25) is 0 Å². The van der Waals surface area contributed by atoms with Gasteiger partial charge in [0.15, 0.2) is 0 Å². The predicted octanol–water partition coefficient (Wildman–Crippen LogP) is 6.68. The first-order valence-electron chi connectivity index (χ1n) is 16.8. The topological polar surface area (TPSA) is 139 Å². The predicted molar refractivity (Wildman–Crippen MR) is 191 cm³/mol. The molecule has 1 aliphatic heterocycles. The minimum atomic E-state index is -1.23. The minimum absolute atomic E-state index is 0.0637. The van der Waals surface area contributed by atoms with Gasteiger partial charge < -0.3 is 19.8 Å². The lowest BCUT2D eigenvalue weighted by Gasteiger charge is -2.42. The van der Waals surface area contributed by atoms with Crippen LogP contribution in [-0.4, -0.2) is 90.7 Å². The summed E-state index contributed by atoms with van der Waals surface area (Å²) in [6.07, 6.45) is 2.72. The normalized spacial score (nSPS) is 14.3. The third kappa shape index (κ3) is 7.64. The smallest absolute Gasteiger partial charge is 0.329 e. The van der Waals surface area contributed by atoms with Crippen LogP contribution in [0.1, 0.15) is 31.7 Å². The molecular weight excluding hydrogens is 632 g/mol. The number of rotatable bonds is 11. The standard InChI is InChI=1S/C38H40N8O4/c1-2-3-13-22-43(26-28-20-21-32(29-14-7-4-8-15-29)33(25-28)35-39-41-42-40-35)37(49)44-23-24-45(34(27-44)36(47)48)38(50)46(30-16-9-5-10-17-30)31-18-11-6-12-19-31/h4-12,14-21,25,34H,2-3,13,22-24,26-27H2,1H3,(H,47,48)(H,39,40,41,42). The molecule has 1 unspecified atom stereocenters. The number of nitrogens with zero attached hydrogens (tertiary/aromatic N) is 7. The Morgan fingerprint density at radius 1 is 0.820 bits per heavy atom. The number of hydrogen-bond donors (Lipinski definition) is 2. The molecule has 0 bridgehead atoms. The van der Waals surface area contributed by atoms with Gasteiger partial charge in [-0.3, -0.25) is 4.90 Å². The van der Waals surface area contributed by atoms with E-state index < -0.39 is 18.0 Å². The average Bonchev–Trinajstić information content (AvgIpc) is 3.71. The van der Waals surface area contributed by atoms with Gasteiger partial charge in [0.2, 0.25) is 5.82 Å². The van der Waals surface area contributed by atoms with Gasteiger partial charge in [0.1, 0.15) is 6.04 Å². The van der Waals surface area contributed by atoms with Crippen molar-refractivity contribution in [2.45, 2.75) is 38.8 Å². The Morgan fingerprint density at radius 2 is 1.48 bits per heavy atom. The highest BCUT2D eigenvalue weighted by Crippen LogP contribution is 2.32. The van der Waals surface area contributed by atoms with Crippen molar-refractivity contribution in [1.82, 2.24) is 35.3 Å². The zero-order chi connectivity index (χ0) is 34.9. The van der Waals surface area contributed by atoms with Crippen molar-refractivity contribution in [2.24, 2.45) is 0 Å². The molecule has 1 fully saturated rings. The summed E-state index contributed by atoms with van der Waals surface area (Å²) in [4.78, 5) is 47.3. The quantitative estimate of drug-likeness (QED) is 0.149. The van der Waals surface area contributed by atoms with Crippen molar-refractivity contribution in [1.29, 1.82) is 0 Å². The van der Waals surface area contributed by atoms with Gasteiger partial charge in [0.05, 0.1) is 17.9 Å². The number of hydrogen-bond acceptors (Lipinski definition) is 6. The van der Waals surface area contributed by atoms with E-state index in [1.807, 2.05) is 109 Å². The number of unbranched alkanes of at least 4 members (excludes halogenated alkanes) is 2. The Hall–Kier alpha value is -6.04. The van der Waals surface area contributed by atoms with E-state index in [-0.39, 0.29) is 25.7 Å². The van der Waals surface area contributed by atoms with Crippen molar-refractivity contribution in [3.05, 3.63) is 115 Å². The molecule has 2 heterocycles. The first kappa shape index (κ1) is 33.8. The lowest BCUT2D eigenvalue weighted by molar-refractivity contribution is -0.143. The number of carbonyl (C=O) groups excluding carboxylic acids is 2. The lowest BCUT2D eigenvalue weighted by atomic mass is 9.97.